The van der Waals surface area contributed by atoms with Gasteiger partial charge in [-0.15, -0.1) is 0 Å². The van der Waals surface area contributed by atoms with Crippen LogP contribution in [0.1, 0.15) is 66.2 Å². The second-order valence-electron chi connectivity index (χ2n) is 14.2. The minimum absolute atomic E-state index is 0.00669. The molecule has 0 saturated carbocycles. The van der Waals surface area contributed by atoms with Crippen LogP contribution in [0.3, 0.4) is 0 Å². The zero-order valence-corrected chi connectivity index (χ0v) is 27.8. The minimum Gasteiger partial charge on any atom is -0.461 e. The molecule has 3 fully saturated rings. The smallest absolute Gasteiger partial charge is 0.413 e. The number of aliphatic hydroxyl groups is 1. The molecule has 1 amide bonds. The van der Waals surface area contributed by atoms with Crippen LogP contribution in [0.4, 0.5) is 24.5 Å². The molecule has 1 aromatic carbocycles. The third-order valence-corrected chi connectivity index (χ3v) is 10.2. The first kappa shape index (κ1) is 31.8. The van der Waals surface area contributed by atoms with Gasteiger partial charge in [-0.1, -0.05) is 11.3 Å². The highest BCUT2D eigenvalue weighted by Gasteiger charge is 2.45. The fourth-order valence-corrected chi connectivity index (χ4v) is 8.07. The van der Waals surface area contributed by atoms with E-state index in [-0.39, 0.29) is 43.7 Å². The predicted molar refractivity (Wildman–Crippen MR) is 176 cm³/mol. The van der Waals surface area contributed by atoms with Gasteiger partial charge in [-0.25, -0.2) is 18.6 Å². The molecule has 0 unspecified atom stereocenters. The number of hydrogen-bond acceptors (Lipinski definition) is 11. The highest BCUT2D eigenvalue weighted by Crippen LogP contribution is 2.41. The molecule has 4 aromatic rings. The number of hydrogen-bond donors (Lipinski definition) is 2. The van der Waals surface area contributed by atoms with Crippen molar-refractivity contribution in [2.24, 2.45) is 0 Å². The van der Waals surface area contributed by atoms with Gasteiger partial charge >= 0.3 is 12.1 Å². The first-order valence-corrected chi connectivity index (χ1v) is 16.9. The molecule has 0 aliphatic carbocycles. The fraction of sp³-hybridized carbons (Fsp3) is 0.545. The highest BCUT2D eigenvalue weighted by molar-refractivity contribution is 7.22. The number of halogens is 2. The van der Waals surface area contributed by atoms with E-state index in [9.17, 15) is 14.3 Å². The minimum atomic E-state index is -0.939. The molecule has 3 aliphatic heterocycles. The van der Waals surface area contributed by atoms with E-state index in [1.807, 2.05) is 4.90 Å². The van der Waals surface area contributed by atoms with Crippen LogP contribution >= 0.6 is 11.3 Å². The summed E-state index contributed by atoms with van der Waals surface area (Å²) in [6.07, 6.45) is 6.43. The lowest BCUT2D eigenvalue weighted by atomic mass is 9.95. The summed E-state index contributed by atoms with van der Waals surface area (Å²) < 4.78 is 43.5. The maximum atomic E-state index is 16.7. The van der Waals surface area contributed by atoms with Crippen LogP contribution in [0, 0.1) is 11.6 Å². The molecule has 0 radical (unpaired) electrons. The van der Waals surface area contributed by atoms with Crippen molar-refractivity contribution < 1.29 is 28.2 Å². The van der Waals surface area contributed by atoms with Gasteiger partial charge in [-0.05, 0) is 91.4 Å². The lowest BCUT2D eigenvalue weighted by Crippen LogP contribution is -2.46. The summed E-state index contributed by atoms with van der Waals surface area (Å²) >= 11 is 0.917. The molecule has 0 bridgehead atoms. The van der Waals surface area contributed by atoms with Gasteiger partial charge in [0.05, 0.1) is 26.7 Å². The molecule has 14 heteroatoms. The number of fused-ring (bicyclic) bond motifs is 3. The number of carbonyl (C=O) groups excluding carboxylic acids is 1. The van der Waals surface area contributed by atoms with E-state index in [1.165, 1.54) is 18.3 Å². The Morgan fingerprint density at radius 1 is 1.06 bits per heavy atom. The molecule has 3 aromatic heterocycles. The van der Waals surface area contributed by atoms with Crippen molar-refractivity contribution in [1.29, 1.82) is 0 Å². The first-order chi connectivity index (χ1) is 22.3. The molecule has 1 atom stereocenters. The number of β-amino-alcohol motifs (C(OH)–C–C–N with tert-alkyl or cyclic N) is 1. The summed E-state index contributed by atoms with van der Waals surface area (Å²) in [6, 6.07) is 2.70. The molecule has 2 N–H and O–H groups in total. The number of aromatic nitrogens is 4. The van der Waals surface area contributed by atoms with Gasteiger partial charge in [0.2, 0.25) is 0 Å². The van der Waals surface area contributed by atoms with Gasteiger partial charge in [-0.2, -0.15) is 9.97 Å². The number of benzene rings is 1. The number of rotatable bonds is 6. The first-order valence-electron chi connectivity index (χ1n) is 16.1. The third kappa shape index (κ3) is 6.18. The molecule has 250 valence electrons. The van der Waals surface area contributed by atoms with Gasteiger partial charge in [0.15, 0.2) is 10.9 Å². The van der Waals surface area contributed by atoms with Crippen molar-refractivity contribution in [2.75, 3.05) is 43.0 Å². The Labute approximate surface area is 275 Å². The van der Waals surface area contributed by atoms with Crippen LogP contribution in [-0.4, -0.2) is 85.6 Å². The zero-order valence-electron chi connectivity index (χ0n) is 27.0. The number of nitrogens with one attached hydrogen (secondary N) is 1. The number of carbonyl (C=O) groups is 1. The van der Waals surface area contributed by atoms with E-state index >= 15 is 4.39 Å². The van der Waals surface area contributed by atoms with Crippen molar-refractivity contribution in [3.05, 3.63) is 30.0 Å². The Kier molecular flexibility index (Phi) is 7.95. The molecule has 11 nitrogen and oxygen atoms in total. The SMILES string of the molecule is CC(C)(C)OC(=O)Nc1nc2c(-c3ncc4c(N5CCC[C@@](C)(O)C5)nc(OCC56CCCN5CCC6)nc4c3F)ccc(F)c2s1. The van der Waals surface area contributed by atoms with Crippen molar-refractivity contribution >= 4 is 49.5 Å². The number of anilines is 2. The van der Waals surface area contributed by atoms with E-state index in [4.69, 9.17) is 14.5 Å². The molecule has 7 rings (SSSR count). The standard InChI is InChI=1S/C33H39F2N7O4S/c1-31(2,3)46-30(43)40-29-38-25-19(8-9-21(34)26(25)47-29)23-22(35)24-20(16-36-23)27(41-13-5-10-32(4,44)17-41)39-28(37-24)45-18-33-11-6-14-42(33)15-7-12-33/h8-9,16,44H,5-7,10-15,17-18H2,1-4H3,(H,38,40,43)/t32-/m1/s1. The number of nitrogens with zero attached hydrogens (tertiary/aromatic N) is 6. The van der Waals surface area contributed by atoms with Gasteiger partial charge in [0, 0.05) is 24.8 Å². The Hall–Kier alpha value is -3.75. The fourth-order valence-electron chi connectivity index (χ4n) is 7.19. The Morgan fingerprint density at radius 2 is 1.81 bits per heavy atom. The summed E-state index contributed by atoms with van der Waals surface area (Å²) in [5.41, 5.74) is -1.43. The quantitative estimate of drug-likeness (QED) is 0.243. The number of piperidine rings is 1. The lowest BCUT2D eigenvalue weighted by molar-refractivity contribution is 0.0446. The van der Waals surface area contributed by atoms with Crippen molar-refractivity contribution in [1.82, 2.24) is 24.8 Å². The molecular weight excluding hydrogens is 628 g/mol. The monoisotopic (exact) mass is 667 g/mol. The molecule has 0 spiro atoms. The van der Waals surface area contributed by atoms with Crippen molar-refractivity contribution in [3.8, 4) is 17.3 Å². The number of thiazole rings is 1. The summed E-state index contributed by atoms with van der Waals surface area (Å²) in [5, 5.41) is 13.9. The molecule has 3 aliphatic rings. The number of ether oxygens (including phenoxy) is 2. The van der Waals surface area contributed by atoms with Crippen LogP contribution in [0.25, 0.3) is 32.4 Å². The average molecular weight is 668 g/mol. The summed E-state index contributed by atoms with van der Waals surface area (Å²) in [5.74, 6) is -0.856. The van der Waals surface area contributed by atoms with E-state index in [0.717, 1.165) is 56.5 Å². The second kappa shape index (κ2) is 11.7. The average Bonchev–Trinajstić information content (AvgIpc) is 3.70. The topological polar surface area (TPSA) is 126 Å². The largest absolute Gasteiger partial charge is 0.461 e. The molecule has 47 heavy (non-hydrogen) atoms. The van der Waals surface area contributed by atoms with E-state index in [0.29, 0.717) is 37.3 Å². The Bertz CT molecular complexity index is 1850. The zero-order chi connectivity index (χ0) is 33.1. The number of pyridine rings is 1. The Morgan fingerprint density at radius 3 is 2.53 bits per heavy atom. The van der Waals surface area contributed by atoms with Crippen LogP contribution in [-0.2, 0) is 4.74 Å². The van der Waals surface area contributed by atoms with Crippen LogP contribution in [0.5, 0.6) is 6.01 Å². The van der Waals surface area contributed by atoms with Gasteiger partial charge in [0.1, 0.15) is 35.1 Å². The van der Waals surface area contributed by atoms with Gasteiger partial charge < -0.3 is 19.5 Å². The van der Waals surface area contributed by atoms with Gasteiger partial charge in [0.25, 0.3) is 0 Å². The van der Waals surface area contributed by atoms with Crippen molar-refractivity contribution in [3.63, 3.8) is 0 Å². The van der Waals surface area contributed by atoms with E-state index in [1.54, 1.807) is 27.7 Å². The molecule has 6 heterocycles. The molecule has 3 saturated heterocycles. The maximum absolute atomic E-state index is 16.7. The maximum Gasteiger partial charge on any atom is 0.413 e. The van der Waals surface area contributed by atoms with Gasteiger partial charge in [-0.3, -0.25) is 15.2 Å². The van der Waals surface area contributed by atoms with E-state index < -0.39 is 28.9 Å². The highest BCUT2D eigenvalue weighted by atomic mass is 32.1. The second-order valence-corrected chi connectivity index (χ2v) is 15.2. The van der Waals surface area contributed by atoms with Crippen LogP contribution in [0.15, 0.2) is 18.3 Å². The summed E-state index contributed by atoms with van der Waals surface area (Å²) in [4.78, 5) is 35.1. The normalized spacial score (nSPS) is 21.4. The summed E-state index contributed by atoms with van der Waals surface area (Å²) in [6.45, 7) is 10.4. The third-order valence-electron chi connectivity index (χ3n) is 9.26. The molecular formula is C33H39F2N7O4S. The van der Waals surface area contributed by atoms with E-state index in [2.05, 4.69) is 25.2 Å². The summed E-state index contributed by atoms with van der Waals surface area (Å²) in [7, 11) is 0. The van der Waals surface area contributed by atoms with Crippen molar-refractivity contribution in [2.45, 2.75) is 83.0 Å². The van der Waals surface area contributed by atoms with Crippen LogP contribution < -0.4 is 15.0 Å². The lowest BCUT2D eigenvalue weighted by Gasteiger charge is -2.38. The number of amides is 1. The predicted octanol–water partition coefficient (Wildman–Crippen LogP) is 6.29. The van der Waals surface area contributed by atoms with Crippen LogP contribution in [0.2, 0.25) is 0 Å². The Balaban J connectivity index is 1.30.